The van der Waals surface area contributed by atoms with Crippen LogP contribution in [0.4, 0.5) is 0 Å². The van der Waals surface area contributed by atoms with Gasteiger partial charge in [-0.1, -0.05) is 0 Å². The maximum Gasteiger partial charge on any atom is 1.00 e. The topological polar surface area (TPSA) is 26.0 Å². The summed E-state index contributed by atoms with van der Waals surface area (Å²) in [5, 5.41) is 0. The Morgan fingerprint density at radius 3 is 1.50 bits per heavy atom. The maximum atomic E-state index is 4.50. The summed E-state index contributed by atoms with van der Waals surface area (Å²) in [6.45, 7) is 0. The van der Waals surface area contributed by atoms with Gasteiger partial charge < -0.3 is 18.1 Å². The van der Waals surface area contributed by atoms with Crippen LogP contribution in [0.5, 0.6) is 0 Å². The molecule has 0 radical (unpaired) electrons. The van der Waals surface area contributed by atoms with Gasteiger partial charge in [0.25, 0.3) is 0 Å². The SMILES string of the molecule is CN.Cl.[Cl-].[H+]. The lowest BCUT2D eigenvalue weighted by Gasteiger charge is -1.19. The van der Waals surface area contributed by atoms with E-state index in [0.717, 1.165) is 0 Å². The Bertz CT molecular complexity index is 9.61. The van der Waals surface area contributed by atoms with Gasteiger partial charge in [0.15, 0.2) is 0 Å². The largest absolute Gasteiger partial charge is 1.00 e. The summed E-state index contributed by atoms with van der Waals surface area (Å²) >= 11 is 0. The first-order chi connectivity index (χ1) is 1.00. The number of nitrogens with two attached hydrogens (primary N) is 1. The van der Waals surface area contributed by atoms with Crippen LogP contribution in [-0.4, -0.2) is 7.05 Å². The summed E-state index contributed by atoms with van der Waals surface area (Å²) < 4.78 is 0. The smallest absolute Gasteiger partial charge is 1.00 e. The molecule has 0 aromatic rings. The van der Waals surface area contributed by atoms with Gasteiger partial charge >= 0.3 is 1.43 Å². The molecule has 0 atom stereocenters. The fourth-order valence-electron chi connectivity index (χ4n) is 0. The summed E-state index contributed by atoms with van der Waals surface area (Å²) in [4.78, 5) is 0. The van der Waals surface area contributed by atoms with Crippen molar-refractivity contribution in [3.63, 3.8) is 0 Å². The van der Waals surface area contributed by atoms with Crippen molar-refractivity contribution < 1.29 is 13.8 Å². The molecule has 0 amide bonds. The first kappa shape index (κ1) is 24.0. The van der Waals surface area contributed by atoms with Gasteiger partial charge in [0, 0.05) is 0 Å². The van der Waals surface area contributed by atoms with Crippen molar-refractivity contribution in [2.75, 3.05) is 7.05 Å². The average Bonchev–Trinajstić information content (AvgIpc) is 1.00. The molecule has 0 spiro atoms. The number of halogens is 2. The van der Waals surface area contributed by atoms with Crippen LogP contribution in [-0.2, 0) is 0 Å². The number of hydrogen-bond acceptors (Lipinski definition) is 1. The fraction of sp³-hybridized carbons (Fsp3) is 1.00. The summed E-state index contributed by atoms with van der Waals surface area (Å²) in [6.07, 6.45) is 0. The standard InChI is InChI=1S/CH5N.2ClH/c1-2;;/h2H2,1H3;2*1H. The Morgan fingerprint density at radius 2 is 1.50 bits per heavy atom. The Morgan fingerprint density at radius 1 is 1.50 bits per heavy atom. The predicted octanol–water partition coefficient (Wildman–Crippen LogP) is -2.89. The zero-order valence-electron chi connectivity index (χ0n) is 3.36. The van der Waals surface area contributed by atoms with E-state index < -0.39 is 0 Å². The molecule has 0 fully saturated rings. The molecule has 0 unspecified atom stereocenters. The minimum Gasteiger partial charge on any atom is -1.00 e. The second-order valence-corrected chi connectivity index (χ2v) is 0. The van der Waals surface area contributed by atoms with Crippen LogP contribution in [0, 0.1) is 0 Å². The fourth-order valence-corrected chi connectivity index (χ4v) is 0. The molecule has 0 aromatic heterocycles. The van der Waals surface area contributed by atoms with Gasteiger partial charge in [0.05, 0.1) is 0 Å². The lowest BCUT2D eigenvalue weighted by atomic mass is 11.6. The zero-order chi connectivity index (χ0) is 2.00. The van der Waals surface area contributed by atoms with E-state index >= 15 is 0 Å². The molecule has 2 N–H and O–H groups in total. The highest BCUT2D eigenvalue weighted by Crippen LogP contribution is 0.690. The lowest BCUT2D eigenvalue weighted by Crippen LogP contribution is -3.00. The third-order valence-corrected chi connectivity index (χ3v) is 0. The third-order valence-electron chi connectivity index (χ3n) is 0. The van der Waals surface area contributed by atoms with Crippen LogP contribution in [0.2, 0.25) is 0 Å². The quantitative estimate of drug-likeness (QED) is 0.351. The number of hydrogen-bond donors (Lipinski definition) is 1. The van der Waals surface area contributed by atoms with Gasteiger partial charge in [0.1, 0.15) is 0 Å². The van der Waals surface area contributed by atoms with Crippen LogP contribution in [0.25, 0.3) is 0 Å². The molecule has 0 aliphatic rings. The van der Waals surface area contributed by atoms with E-state index in [1.165, 1.54) is 7.05 Å². The molecule has 0 aliphatic heterocycles. The molecule has 1 nitrogen and oxygen atoms in total. The molecule has 4 heavy (non-hydrogen) atoms. The summed E-state index contributed by atoms with van der Waals surface area (Å²) in [6, 6.07) is 0. The third kappa shape index (κ3) is 20.7. The Kier molecular flexibility index (Phi) is 470. The Labute approximate surface area is 39.9 Å². The zero-order valence-corrected chi connectivity index (χ0v) is 3.94. The van der Waals surface area contributed by atoms with Gasteiger partial charge in [-0.2, -0.15) is 0 Å². The highest BCUT2D eigenvalue weighted by atomic mass is 35.5. The van der Waals surface area contributed by atoms with Crippen molar-refractivity contribution >= 4 is 12.4 Å². The normalized spacial score (nSPS) is 1.50. The molecule has 0 rings (SSSR count). The van der Waals surface area contributed by atoms with E-state index in [9.17, 15) is 0 Å². The second kappa shape index (κ2) is 78.3. The Hall–Kier alpha value is 0.540. The second-order valence-electron chi connectivity index (χ2n) is 0. The van der Waals surface area contributed by atoms with Gasteiger partial charge in [-0.15, -0.1) is 12.4 Å². The predicted molar refractivity (Wildman–Crippen MR) is 18.5 cm³/mol. The van der Waals surface area contributed by atoms with E-state index in [4.69, 9.17) is 0 Å². The molecule has 0 aromatic carbocycles. The van der Waals surface area contributed by atoms with Crippen molar-refractivity contribution in [2.24, 2.45) is 5.73 Å². The van der Waals surface area contributed by atoms with Gasteiger partial charge in [0.2, 0.25) is 0 Å². The molecule has 3 heteroatoms. The minimum atomic E-state index is 0. The van der Waals surface area contributed by atoms with Crippen molar-refractivity contribution in [1.29, 1.82) is 0 Å². The number of rotatable bonds is 0. The van der Waals surface area contributed by atoms with E-state index in [2.05, 4.69) is 5.73 Å². The maximum absolute atomic E-state index is 4.50. The van der Waals surface area contributed by atoms with E-state index in [-0.39, 0.29) is 26.2 Å². The highest BCUT2D eigenvalue weighted by molar-refractivity contribution is 5.85. The van der Waals surface area contributed by atoms with E-state index in [0.29, 0.717) is 0 Å². The first-order valence-corrected chi connectivity index (χ1v) is 0.577. The monoisotopic (exact) mass is 103 g/mol. The van der Waals surface area contributed by atoms with Crippen molar-refractivity contribution in [3.8, 4) is 0 Å². The first-order valence-electron chi connectivity index (χ1n) is 0.577. The molecular formula is CH7Cl2N. The summed E-state index contributed by atoms with van der Waals surface area (Å²) in [5.41, 5.74) is 4.50. The molecule has 0 bridgehead atoms. The molecule has 0 saturated carbocycles. The highest BCUT2D eigenvalue weighted by Gasteiger charge is 0.836. The van der Waals surface area contributed by atoms with E-state index in [1.54, 1.807) is 0 Å². The van der Waals surface area contributed by atoms with Gasteiger partial charge in [-0.05, 0) is 7.05 Å². The summed E-state index contributed by atoms with van der Waals surface area (Å²) in [7, 11) is 1.50. The summed E-state index contributed by atoms with van der Waals surface area (Å²) in [5.74, 6) is 0. The van der Waals surface area contributed by atoms with Crippen LogP contribution < -0.4 is 18.1 Å². The van der Waals surface area contributed by atoms with Gasteiger partial charge in [-0.3, -0.25) is 0 Å². The van der Waals surface area contributed by atoms with Gasteiger partial charge in [-0.25, -0.2) is 0 Å². The van der Waals surface area contributed by atoms with E-state index in [1.807, 2.05) is 0 Å². The molecule has 30 valence electrons. The molecular weight excluding hydrogens is 96.9 g/mol. The molecule has 0 heterocycles. The molecule has 0 aliphatic carbocycles. The van der Waals surface area contributed by atoms with Crippen molar-refractivity contribution in [3.05, 3.63) is 0 Å². The van der Waals surface area contributed by atoms with Crippen molar-refractivity contribution in [1.82, 2.24) is 0 Å². The van der Waals surface area contributed by atoms with Crippen LogP contribution in [0.1, 0.15) is 1.43 Å². The van der Waals surface area contributed by atoms with Crippen LogP contribution in [0.15, 0.2) is 0 Å². The molecule has 0 saturated heterocycles. The van der Waals surface area contributed by atoms with Crippen molar-refractivity contribution in [2.45, 2.75) is 0 Å². The minimum absolute atomic E-state index is 0. The lowest BCUT2D eigenvalue weighted by molar-refractivity contribution is -0.000000747. The van der Waals surface area contributed by atoms with Crippen LogP contribution >= 0.6 is 12.4 Å². The average molecular weight is 104 g/mol. The Balaban J connectivity index is -0.00000000167. The van der Waals surface area contributed by atoms with Crippen LogP contribution in [0.3, 0.4) is 0 Å².